The summed E-state index contributed by atoms with van der Waals surface area (Å²) in [6.45, 7) is 2.13. The molecule has 1 nitrogen and oxygen atoms in total. The lowest BCUT2D eigenvalue weighted by molar-refractivity contribution is 0.837. The molecule has 0 amide bonds. The third-order valence-corrected chi connectivity index (χ3v) is 7.53. The van der Waals surface area contributed by atoms with Gasteiger partial charge in [0.05, 0.1) is 0 Å². The molecule has 0 aromatic heterocycles. The van der Waals surface area contributed by atoms with Crippen LogP contribution in [0.2, 0.25) is 0 Å². The lowest BCUT2D eigenvalue weighted by Crippen LogP contribution is -2.17. The van der Waals surface area contributed by atoms with Crippen molar-refractivity contribution in [1.29, 1.82) is 0 Å². The average Bonchev–Trinajstić information content (AvgIpc) is 2.90. The van der Waals surface area contributed by atoms with Gasteiger partial charge in [0.1, 0.15) is 0 Å². The number of fused-ring (bicyclic) bond motifs is 1. The Morgan fingerprint density at radius 1 is 0.600 bits per heavy atom. The molecule has 0 spiro atoms. The van der Waals surface area contributed by atoms with Gasteiger partial charge in [-0.2, -0.15) is 0 Å². The minimum Gasteiger partial charge on any atom is -0.345 e. The van der Waals surface area contributed by atoms with Crippen LogP contribution in [0.5, 0.6) is 0 Å². The van der Waals surface area contributed by atoms with Crippen LogP contribution >= 0.6 is 0 Å². The van der Waals surface area contributed by atoms with Crippen LogP contribution in [-0.4, -0.2) is 7.05 Å². The number of hydrogen-bond donors (Lipinski definition) is 0. The van der Waals surface area contributed by atoms with Crippen molar-refractivity contribution in [3.05, 3.63) is 131 Å². The first-order valence-corrected chi connectivity index (χ1v) is 12.7. The molecule has 0 N–H and O–H groups in total. The smallest absolute Gasteiger partial charge is 0.0414 e. The van der Waals surface area contributed by atoms with E-state index in [1.807, 2.05) is 0 Å². The van der Waals surface area contributed by atoms with E-state index in [-0.39, 0.29) is 0 Å². The second kappa shape index (κ2) is 9.07. The Labute approximate surface area is 209 Å². The van der Waals surface area contributed by atoms with Crippen LogP contribution < -0.4 is 4.90 Å². The lowest BCUT2D eigenvalue weighted by Gasteiger charge is -2.26. The Morgan fingerprint density at radius 2 is 1.29 bits per heavy atom. The standard InChI is InChI=1S/C34H31N/c1-24-12-14-25(15-13-24)27-6-3-7-28(20-27)29-8-4-10-33(22-29)35(2)34-11-5-9-30(23-34)32-19-17-26-16-18-31(26)21-32/h3-4,6-8,10-15,17,19-23H,5,9,16,18H2,1-2H3. The van der Waals surface area contributed by atoms with E-state index in [9.17, 15) is 0 Å². The summed E-state index contributed by atoms with van der Waals surface area (Å²) >= 11 is 0. The molecule has 0 aliphatic heterocycles. The molecule has 4 aromatic carbocycles. The van der Waals surface area contributed by atoms with E-state index in [1.54, 1.807) is 0 Å². The van der Waals surface area contributed by atoms with Crippen LogP contribution in [0.3, 0.4) is 0 Å². The predicted octanol–water partition coefficient (Wildman–Crippen LogP) is 8.63. The molecule has 0 saturated carbocycles. The number of nitrogens with zero attached hydrogens (tertiary/aromatic N) is 1. The van der Waals surface area contributed by atoms with Crippen molar-refractivity contribution in [1.82, 2.24) is 0 Å². The molecule has 0 bridgehead atoms. The van der Waals surface area contributed by atoms with Crippen molar-refractivity contribution < 1.29 is 0 Å². The molecule has 0 saturated heterocycles. The van der Waals surface area contributed by atoms with Crippen LogP contribution in [0.4, 0.5) is 5.69 Å². The third kappa shape index (κ3) is 4.35. The van der Waals surface area contributed by atoms with Gasteiger partial charge in [-0.05, 0) is 101 Å². The Balaban J connectivity index is 1.27. The Hall–Kier alpha value is -3.84. The molecule has 0 fully saturated rings. The summed E-state index contributed by atoms with van der Waals surface area (Å²) in [6.07, 6.45) is 9.43. The van der Waals surface area contributed by atoms with E-state index >= 15 is 0 Å². The van der Waals surface area contributed by atoms with Crippen molar-refractivity contribution in [2.24, 2.45) is 0 Å². The molecule has 6 rings (SSSR count). The number of hydrogen-bond acceptors (Lipinski definition) is 1. The summed E-state index contributed by atoms with van der Waals surface area (Å²) in [4.78, 5) is 2.33. The van der Waals surface area contributed by atoms with Gasteiger partial charge < -0.3 is 4.90 Å². The molecule has 2 aliphatic carbocycles. The number of likely N-dealkylation sites (N-methyl/N-ethyl adjacent to an activating group) is 1. The zero-order valence-electron chi connectivity index (χ0n) is 20.6. The topological polar surface area (TPSA) is 3.24 Å². The number of benzene rings is 4. The van der Waals surface area contributed by atoms with Gasteiger partial charge in [0.15, 0.2) is 0 Å². The van der Waals surface area contributed by atoms with Gasteiger partial charge in [-0.3, -0.25) is 0 Å². The number of anilines is 1. The third-order valence-electron chi connectivity index (χ3n) is 7.53. The Bertz CT molecular complexity index is 1450. The van der Waals surface area contributed by atoms with Crippen LogP contribution in [0.25, 0.3) is 27.8 Å². The van der Waals surface area contributed by atoms with Crippen molar-refractivity contribution in [2.75, 3.05) is 11.9 Å². The molecular weight excluding hydrogens is 422 g/mol. The quantitative estimate of drug-likeness (QED) is 0.292. The van der Waals surface area contributed by atoms with E-state index in [0.717, 1.165) is 12.8 Å². The molecule has 1 heteroatoms. The molecule has 172 valence electrons. The Morgan fingerprint density at radius 3 is 2.03 bits per heavy atom. The second-order valence-corrected chi connectivity index (χ2v) is 9.88. The Kier molecular flexibility index (Phi) is 5.62. The summed E-state index contributed by atoms with van der Waals surface area (Å²) in [5.41, 5.74) is 14.7. The highest BCUT2D eigenvalue weighted by atomic mass is 15.1. The van der Waals surface area contributed by atoms with Crippen molar-refractivity contribution in [2.45, 2.75) is 32.6 Å². The van der Waals surface area contributed by atoms with Gasteiger partial charge in [0.25, 0.3) is 0 Å². The molecule has 35 heavy (non-hydrogen) atoms. The normalized spacial score (nSPS) is 14.5. The lowest BCUT2D eigenvalue weighted by atomic mass is 9.84. The fourth-order valence-electron chi connectivity index (χ4n) is 5.21. The van der Waals surface area contributed by atoms with E-state index in [1.165, 1.54) is 74.3 Å². The fraction of sp³-hybridized carbons (Fsp3) is 0.176. The summed E-state index contributed by atoms with van der Waals surface area (Å²) in [7, 11) is 2.19. The first-order chi connectivity index (χ1) is 17.1. The minimum absolute atomic E-state index is 1.08. The maximum Gasteiger partial charge on any atom is 0.0414 e. The molecule has 0 atom stereocenters. The number of rotatable bonds is 5. The van der Waals surface area contributed by atoms with Gasteiger partial charge in [-0.1, -0.05) is 84.4 Å². The van der Waals surface area contributed by atoms with E-state index < -0.39 is 0 Å². The molecular formula is C34H31N. The highest BCUT2D eigenvalue weighted by Gasteiger charge is 2.17. The summed E-state index contributed by atoms with van der Waals surface area (Å²) < 4.78 is 0. The molecule has 0 unspecified atom stereocenters. The highest BCUT2D eigenvalue weighted by Crippen LogP contribution is 2.34. The largest absolute Gasteiger partial charge is 0.345 e. The second-order valence-electron chi connectivity index (χ2n) is 9.88. The summed E-state index contributed by atoms with van der Waals surface area (Å²) in [6, 6.07) is 33.6. The average molecular weight is 454 g/mol. The van der Waals surface area contributed by atoms with Gasteiger partial charge >= 0.3 is 0 Å². The summed E-state index contributed by atoms with van der Waals surface area (Å²) in [5, 5.41) is 0. The van der Waals surface area contributed by atoms with Crippen molar-refractivity contribution in [3.8, 4) is 22.3 Å². The first-order valence-electron chi connectivity index (χ1n) is 12.7. The number of allylic oxidation sites excluding steroid dienone is 3. The zero-order valence-corrected chi connectivity index (χ0v) is 20.6. The summed E-state index contributed by atoms with van der Waals surface area (Å²) in [5.74, 6) is 0. The van der Waals surface area contributed by atoms with E-state index in [4.69, 9.17) is 0 Å². The monoisotopic (exact) mass is 453 g/mol. The van der Waals surface area contributed by atoms with Gasteiger partial charge in [0.2, 0.25) is 0 Å². The predicted molar refractivity (Wildman–Crippen MR) is 150 cm³/mol. The molecule has 0 heterocycles. The SMILES string of the molecule is Cc1ccc(-c2cccc(-c3cccc(N(C)C4=CCCC(c5ccc6c(c5)CC6)=C4)c3)c2)cc1. The minimum atomic E-state index is 1.08. The number of aryl methyl sites for hydroxylation is 3. The molecule has 4 aromatic rings. The fourth-order valence-corrected chi connectivity index (χ4v) is 5.21. The van der Waals surface area contributed by atoms with Crippen molar-refractivity contribution in [3.63, 3.8) is 0 Å². The van der Waals surface area contributed by atoms with Gasteiger partial charge in [-0.15, -0.1) is 0 Å². The first kappa shape index (κ1) is 21.7. The van der Waals surface area contributed by atoms with Gasteiger partial charge in [-0.25, -0.2) is 0 Å². The molecule has 2 aliphatic rings. The zero-order chi connectivity index (χ0) is 23.8. The van der Waals surface area contributed by atoms with Gasteiger partial charge in [0, 0.05) is 18.4 Å². The molecule has 0 radical (unpaired) electrons. The van der Waals surface area contributed by atoms with Crippen LogP contribution in [-0.2, 0) is 12.8 Å². The van der Waals surface area contributed by atoms with Crippen LogP contribution in [0.1, 0.15) is 35.1 Å². The van der Waals surface area contributed by atoms with Crippen molar-refractivity contribution >= 4 is 11.3 Å². The van der Waals surface area contributed by atoms with E-state index in [2.05, 4.69) is 122 Å². The van der Waals surface area contributed by atoms with Crippen LogP contribution in [0.15, 0.2) is 109 Å². The highest BCUT2D eigenvalue weighted by molar-refractivity contribution is 5.77. The maximum absolute atomic E-state index is 2.41. The van der Waals surface area contributed by atoms with E-state index in [0.29, 0.717) is 0 Å². The van der Waals surface area contributed by atoms with Crippen LogP contribution in [0, 0.1) is 6.92 Å². The maximum atomic E-state index is 2.41.